The number of carbonyl (C=O) groups is 1. The van der Waals surface area contributed by atoms with Gasteiger partial charge >= 0.3 is 5.97 Å². The van der Waals surface area contributed by atoms with E-state index in [-0.39, 0.29) is 12.4 Å². The Balaban J connectivity index is 1.75. The number of hydrogen-bond acceptors (Lipinski definition) is 4. The predicted molar refractivity (Wildman–Crippen MR) is 98.1 cm³/mol. The molecule has 0 atom stereocenters. The standard InChI is InChI=1S/C20H18O4S/c1-25(22,23)14-15-6-4-9-17(12-15)20(21)24-13-18-10-5-8-16-7-2-3-11-19(16)18/h2-12H,13-14H2,1H3. The second-order valence-electron chi connectivity index (χ2n) is 5.98. The number of benzene rings is 3. The molecule has 0 fully saturated rings. The van der Waals surface area contributed by atoms with Crippen LogP contribution in [0.2, 0.25) is 0 Å². The lowest BCUT2D eigenvalue weighted by Crippen LogP contribution is -2.07. The Hall–Kier alpha value is -2.66. The lowest BCUT2D eigenvalue weighted by atomic mass is 10.1. The van der Waals surface area contributed by atoms with Gasteiger partial charge < -0.3 is 4.74 Å². The summed E-state index contributed by atoms with van der Waals surface area (Å²) in [7, 11) is -3.15. The minimum absolute atomic E-state index is 0.0998. The normalized spacial score (nSPS) is 11.4. The smallest absolute Gasteiger partial charge is 0.338 e. The van der Waals surface area contributed by atoms with Gasteiger partial charge in [0.15, 0.2) is 9.84 Å². The van der Waals surface area contributed by atoms with Gasteiger partial charge in [-0.05, 0) is 34.0 Å². The van der Waals surface area contributed by atoms with Crippen LogP contribution >= 0.6 is 0 Å². The molecule has 3 rings (SSSR count). The lowest BCUT2D eigenvalue weighted by Gasteiger charge is -2.09. The van der Waals surface area contributed by atoms with Crippen LogP contribution in [-0.2, 0) is 26.9 Å². The van der Waals surface area contributed by atoms with Crippen LogP contribution in [-0.4, -0.2) is 20.6 Å². The van der Waals surface area contributed by atoms with Crippen molar-refractivity contribution in [1.29, 1.82) is 0 Å². The summed E-state index contributed by atoms with van der Waals surface area (Å²) >= 11 is 0. The zero-order chi connectivity index (χ0) is 17.9. The van der Waals surface area contributed by atoms with Crippen LogP contribution in [0, 0.1) is 0 Å². The van der Waals surface area contributed by atoms with E-state index in [2.05, 4.69) is 0 Å². The van der Waals surface area contributed by atoms with Crippen molar-refractivity contribution < 1.29 is 17.9 Å². The lowest BCUT2D eigenvalue weighted by molar-refractivity contribution is 0.0474. The van der Waals surface area contributed by atoms with E-state index < -0.39 is 15.8 Å². The molecule has 0 aliphatic heterocycles. The first kappa shape index (κ1) is 17.2. The topological polar surface area (TPSA) is 60.4 Å². The van der Waals surface area contributed by atoms with E-state index in [1.54, 1.807) is 24.3 Å². The SMILES string of the molecule is CS(=O)(=O)Cc1cccc(C(=O)OCc2cccc3ccccc23)c1. The van der Waals surface area contributed by atoms with Crippen molar-refractivity contribution in [2.75, 3.05) is 6.26 Å². The van der Waals surface area contributed by atoms with Crippen molar-refractivity contribution in [1.82, 2.24) is 0 Å². The maximum atomic E-state index is 12.3. The third-order valence-corrected chi connectivity index (χ3v) is 4.69. The van der Waals surface area contributed by atoms with E-state index in [4.69, 9.17) is 4.74 Å². The summed E-state index contributed by atoms with van der Waals surface area (Å²) in [6, 6.07) is 20.3. The monoisotopic (exact) mass is 354 g/mol. The molecular weight excluding hydrogens is 336 g/mol. The minimum Gasteiger partial charge on any atom is -0.457 e. The molecule has 0 heterocycles. The number of esters is 1. The summed E-state index contributed by atoms with van der Waals surface area (Å²) < 4.78 is 28.2. The fourth-order valence-corrected chi connectivity index (χ4v) is 3.52. The molecule has 0 N–H and O–H groups in total. The molecular formula is C20H18O4S. The molecule has 5 heteroatoms. The van der Waals surface area contributed by atoms with Gasteiger partial charge in [-0.25, -0.2) is 13.2 Å². The van der Waals surface area contributed by atoms with Crippen LogP contribution in [0.4, 0.5) is 0 Å². The molecule has 0 saturated carbocycles. The van der Waals surface area contributed by atoms with Crippen LogP contribution in [0.3, 0.4) is 0 Å². The number of hydrogen-bond donors (Lipinski definition) is 0. The summed E-state index contributed by atoms with van der Waals surface area (Å²) in [6.07, 6.45) is 1.17. The van der Waals surface area contributed by atoms with Crippen molar-refractivity contribution in [2.24, 2.45) is 0 Å². The van der Waals surface area contributed by atoms with Crippen LogP contribution in [0.25, 0.3) is 10.8 Å². The van der Waals surface area contributed by atoms with E-state index >= 15 is 0 Å². The maximum absolute atomic E-state index is 12.3. The van der Waals surface area contributed by atoms with Crippen molar-refractivity contribution >= 4 is 26.6 Å². The van der Waals surface area contributed by atoms with E-state index in [9.17, 15) is 13.2 Å². The average Bonchev–Trinajstić information content (AvgIpc) is 2.58. The first-order chi connectivity index (χ1) is 11.9. The van der Waals surface area contributed by atoms with Crippen molar-refractivity contribution in [3.05, 3.63) is 83.4 Å². The van der Waals surface area contributed by atoms with Crippen LogP contribution in [0.15, 0.2) is 66.7 Å². The molecule has 0 aromatic heterocycles. The second kappa shape index (κ2) is 7.07. The fraction of sp³-hybridized carbons (Fsp3) is 0.150. The molecule has 0 radical (unpaired) electrons. The number of ether oxygens (including phenoxy) is 1. The van der Waals surface area contributed by atoms with Crippen molar-refractivity contribution in [3.63, 3.8) is 0 Å². The second-order valence-corrected chi connectivity index (χ2v) is 8.13. The third-order valence-electron chi connectivity index (χ3n) is 3.83. The van der Waals surface area contributed by atoms with E-state index in [0.29, 0.717) is 11.1 Å². The molecule has 0 aliphatic rings. The molecule has 0 unspecified atom stereocenters. The molecule has 0 bridgehead atoms. The molecule has 0 saturated heterocycles. The molecule has 0 spiro atoms. The summed E-state index contributed by atoms with van der Waals surface area (Å²) in [6.45, 7) is 0.163. The van der Waals surface area contributed by atoms with E-state index in [1.807, 2.05) is 42.5 Å². The fourth-order valence-electron chi connectivity index (χ4n) is 2.74. The molecule has 25 heavy (non-hydrogen) atoms. The van der Waals surface area contributed by atoms with Gasteiger partial charge in [0.05, 0.1) is 11.3 Å². The molecule has 3 aromatic carbocycles. The van der Waals surface area contributed by atoms with Crippen molar-refractivity contribution in [2.45, 2.75) is 12.4 Å². The quantitative estimate of drug-likeness (QED) is 0.655. The van der Waals surface area contributed by atoms with Gasteiger partial charge in [0.1, 0.15) is 6.61 Å². The Kier molecular flexibility index (Phi) is 4.86. The number of carbonyl (C=O) groups excluding carboxylic acids is 1. The Morgan fingerprint density at radius 1 is 0.960 bits per heavy atom. The summed E-state index contributed by atoms with van der Waals surface area (Å²) in [5.41, 5.74) is 1.85. The van der Waals surface area contributed by atoms with Gasteiger partial charge in [-0.15, -0.1) is 0 Å². The highest BCUT2D eigenvalue weighted by Crippen LogP contribution is 2.20. The zero-order valence-corrected chi connectivity index (χ0v) is 14.6. The van der Waals surface area contributed by atoms with Crippen LogP contribution < -0.4 is 0 Å². The third kappa shape index (κ3) is 4.45. The maximum Gasteiger partial charge on any atom is 0.338 e. The predicted octanol–water partition coefficient (Wildman–Crippen LogP) is 3.74. The van der Waals surface area contributed by atoms with E-state index in [1.165, 1.54) is 6.26 Å². The van der Waals surface area contributed by atoms with Gasteiger partial charge in [-0.2, -0.15) is 0 Å². The van der Waals surface area contributed by atoms with Gasteiger partial charge in [0.2, 0.25) is 0 Å². The molecule has 128 valence electrons. The molecule has 0 aliphatic carbocycles. The average molecular weight is 354 g/mol. The summed E-state index contributed by atoms with van der Waals surface area (Å²) in [5.74, 6) is -0.569. The van der Waals surface area contributed by atoms with Gasteiger partial charge in [0, 0.05) is 6.26 Å². The van der Waals surface area contributed by atoms with Crippen molar-refractivity contribution in [3.8, 4) is 0 Å². The molecule has 3 aromatic rings. The highest BCUT2D eigenvalue weighted by atomic mass is 32.2. The Morgan fingerprint density at radius 3 is 2.48 bits per heavy atom. The van der Waals surface area contributed by atoms with Crippen LogP contribution in [0.1, 0.15) is 21.5 Å². The first-order valence-corrected chi connectivity index (χ1v) is 9.89. The zero-order valence-electron chi connectivity index (χ0n) is 13.8. The Labute approximate surface area is 147 Å². The molecule has 4 nitrogen and oxygen atoms in total. The van der Waals surface area contributed by atoms with Crippen LogP contribution in [0.5, 0.6) is 0 Å². The molecule has 0 amide bonds. The Morgan fingerprint density at radius 2 is 1.68 bits per heavy atom. The highest BCUT2D eigenvalue weighted by Gasteiger charge is 2.11. The first-order valence-electron chi connectivity index (χ1n) is 7.83. The minimum atomic E-state index is -3.15. The van der Waals surface area contributed by atoms with E-state index in [0.717, 1.165) is 16.3 Å². The number of fused-ring (bicyclic) bond motifs is 1. The highest BCUT2D eigenvalue weighted by molar-refractivity contribution is 7.89. The van der Waals surface area contributed by atoms with Gasteiger partial charge in [-0.3, -0.25) is 0 Å². The van der Waals surface area contributed by atoms with Gasteiger partial charge in [-0.1, -0.05) is 54.6 Å². The van der Waals surface area contributed by atoms with Gasteiger partial charge in [0.25, 0.3) is 0 Å². The number of sulfone groups is 1. The number of rotatable bonds is 5. The Bertz CT molecular complexity index is 1020. The summed E-state index contributed by atoms with van der Waals surface area (Å²) in [5, 5.41) is 2.13. The largest absolute Gasteiger partial charge is 0.457 e. The summed E-state index contributed by atoms with van der Waals surface area (Å²) in [4.78, 5) is 12.3.